The third kappa shape index (κ3) is 1.17. The molecule has 3 heterocycles. The van der Waals surface area contributed by atoms with Crippen molar-refractivity contribution >= 4 is 5.78 Å². The van der Waals surface area contributed by atoms with E-state index in [4.69, 9.17) is 0 Å². The van der Waals surface area contributed by atoms with Crippen LogP contribution in [0.3, 0.4) is 0 Å². The fraction of sp³-hybridized carbons (Fsp3) is 0.533. The first-order valence-corrected chi connectivity index (χ1v) is 6.67. The Balaban J connectivity index is 1.70. The summed E-state index contributed by atoms with van der Waals surface area (Å²) in [6.45, 7) is 2.28. The largest absolute Gasteiger partial charge is 0.297 e. The van der Waals surface area contributed by atoms with E-state index in [0.717, 1.165) is 32.4 Å². The molecule has 5 rings (SSSR count). The Hall–Kier alpha value is -1.15. The Bertz CT molecular complexity index is 461. The molecule has 0 aromatic heterocycles. The molecule has 88 valence electrons. The fourth-order valence-corrected chi connectivity index (χ4v) is 4.00. The number of nitrogens with zero attached hydrogens (tertiary/aromatic N) is 1. The fourth-order valence-electron chi connectivity index (χ4n) is 4.00. The number of ketones is 1. The zero-order valence-corrected chi connectivity index (χ0v) is 9.93. The Morgan fingerprint density at radius 2 is 1.82 bits per heavy atom. The maximum Gasteiger partial charge on any atom is 0.156 e. The standard InChI is InChI=1S/C15H17NO/c17-14-12-6-8-16(9-7-12)15(14)10-13(15)11-4-2-1-3-5-11/h1-5,12-13H,6-10H2/t13-,15+/m1/s1. The molecule has 2 nitrogen and oxygen atoms in total. The van der Waals surface area contributed by atoms with Crippen LogP contribution in [0.25, 0.3) is 0 Å². The van der Waals surface area contributed by atoms with Gasteiger partial charge in [-0.25, -0.2) is 0 Å². The third-order valence-corrected chi connectivity index (χ3v) is 4.99. The molecule has 1 aliphatic carbocycles. The molecule has 17 heavy (non-hydrogen) atoms. The lowest BCUT2D eigenvalue weighted by Crippen LogP contribution is -2.58. The number of hydrogen-bond acceptors (Lipinski definition) is 2. The molecule has 2 heteroatoms. The van der Waals surface area contributed by atoms with Gasteiger partial charge in [0.25, 0.3) is 0 Å². The highest BCUT2D eigenvalue weighted by atomic mass is 16.1. The Labute approximate surface area is 102 Å². The van der Waals surface area contributed by atoms with Crippen molar-refractivity contribution in [1.82, 2.24) is 4.90 Å². The average Bonchev–Trinajstić information content (AvgIpc) is 3.13. The number of hydrogen-bond donors (Lipinski definition) is 0. The van der Waals surface area contributed by atoms with Crippen LogP contribution in [0.15, 0.2) is 30.3 Å². The summed E-state index contributed by atoms with van der Waals surface area (Å²) in [5.41, 5.74) is 1.27. The van der Waals surface area contributed by atoms with E-state index in [1.165, 1.54) is 5.56 Å². The summed E-state index contributed by atoms with van der Waals surface area (Å²) in [6.07, 6.45) is 3.26. The topological polar surface area (TPSA) is 20.3 Å². The molecule has 1 saturated carbocycles. The van der Waals surface area contributed by atoms with Crippen LogP contribution in [0.4, 0.5) is 0 Å². The lowest BCUT2D eigenvalue weighted by Gasteiger charge is -2.45. The van der Waals surface area contributed by atoms with Gasteiger partial charge in [0.15, 0.2) is 5.78 Å². The molecule has 0 radical (unpaired) electrons. The number of Topliss-reactive ketones (excluding diaryl/α,β-unsaturated/α-hetero) is 1. The Morgan fingerprint density at radius 3 is 2.47 bits per heavy atom. The second-order valence-corrected chi connectivity index (χ2v) is 5.72. The van der Waals surface area contributed by atoms with Gasteiger partial charge >= 0.3 is 0 Å². The van der Waals surface area contributed by atoms with Crippen molar-refractivity contribution in [3.05, 3.63) is 35.9 Å². The summed E-state index contributed by atoms with van der Waals surface area (Å²) in [5.74, 6) is 1.39. The van der Waals surface area contributed by atoms with Gasteiger partial charge in [-0.2, -0.15) is 0 Å². The molecule has 4 aliphatic rings. The second-order valence-electron chi connectivity index (χ2n) is 5.72. The van der Waals surface area contributed by atoms with Crippen molar-refractivity contribution in [2.24, 2.45) is 5.92 Å². The number of carbonyl (C=O) groups is 1. The van der Waals surface area contributed by atoms with Crippen molar-refractivity contribution < 1.29 is 4.79 Å². The lowest BCUT2D eigenvalue weighted by atomic mass is 9.79. The SMILES string of the molecule is O=C1C2CCN(CC2)[C@]12C[C@@H]2c1ccccc1. The minimum Gasteiger partial charge on any atom is -0.297 e. The van der Waals surface area contributed by atoms with Gasteiger partial charge in [-0.15, -0.1) is 0 Å². The van der Waals surface area contributed by atoms with Crippen molar-refractivity contribution in [2.75, 3.05) is 13.1 Å². The molecule has 3 saturated heterocycles. The maximum absolute atomic E-state index is 12.5. The highest BCUT2D eigenvalue weighted by molar-refractivity contribution is 5.96. The molecule has 4 fully saturated rings. The minimum absolute atomic E-state index is 0.0808. The van der Waals surface area contributed by atoms with Gasteiger partial charge < -0.3 is 0 Å². The minimum atomic E-state index is -0.0808. The van der Waals surface area contributed by atoms with E-state index < -0.39 is 0 Å². The molecule has 2 atom stereocenters. The van der Waals surface area contributed by atoms with Crippen LogP contribution in [0.1, 0.15) is 30.7 Å². The molecule has 3 aliphatic heterocycles. The number of rotatable bonds is 1. The summed E-state index contributed by atoms with van der Waals surface area (Å²) in [4.78, 5) is 15.0. The zero-order chi connectivity index (χ0) is 11.5. The maximum atomic E-state index is 12.5. The molecule has 0 unspecified atom stereocenters. The molecule has 2 bridgehead atoms. The van der Waals surface area contributed by atoms with Crippen LogP contribution in [0.2, 0.25) is 0 Å². The number of piperidine rings is 3. The summed E-state index contributed by atoms with van der Waals surface area (Å²) >= 11 is 0. The molecular weight excluding hydrogens is 210 g/mol. The normalized spacial score (nSPS) is 43.1. The van der Waals surface area contributed by atoms with E-state index in [0.29, 0.717) is 17.6 Å². The molecular formula is C15H17NO. The highest BCUT2D eigenvalue weighted by Gasteiger charge is 2.67. The van der Waals surface area contributed by atoms with Crippen LogP contribution in [-0.4, -0.2) is 29.3 Å². The quantitative estimate of drug-likeness (QED) is 0.733. The predicted molar refractivity (Wildman–Crippen MR) is 65.8 cm³/mol. The van der Waals surface area contributed by atoms with Crippen molar-refractivity contribution in [3.8, 4) is 0 Å². The Morgan fingerprint density at radius 1 is 1.12 bits per heavy atom. The first-order valence-electron chi connectivity index (χ1n) is 6.67. The van der Waals surface area contributed by atoms with Crippen molar-refractivity contribution in [3.63, 3.8) is 0 Å². The van der Waals surface area contributed by atoms with Gasteiger partial charge in [0.1, 0.15) is 0 Å². The first-order chi connectivity index (χ1) is 8.32. The van der Waals surface area contributed by atoms with Gasteiger partial charge in [0.2, 0.25) is 0 Å². The van der Waals surface area contributed by atoms with E-state index in [9.17, 15) is 4.79 Å². The van der Waals surface area contributed by atoms with E-state index in [2.05, 4.69) is 29.2 Å². The molecule has 0 N–H and O–H groups in total. The van der Waals surface area contributed by atoms with Crippen LogP contribution < -0.4 is 0 Å². The lowest BCUT2D eigenvalue weighted by molar-refractivity contribution is -0.139. The first kappa shape index (κ1) is 9.84. The summed E-state index contributed by atoms with van der Waals surface area (Å²) in [6, 6.07) is 10.6. The van der Waals surface area contributed by atoms with Crippen LogP contribution in [0, 0.1) is 5.92 Å². The van der Waals surface area contributed by atoms with Crippen LogP contribution >= 0.6 is 0 Å². The second kappa shape index (κ2) is 3.20. The Kier molecular flexibility index (Phi) is 1.85. The summed E-state index contributed by atoms with van der Waals surface area (Å²) in [5, 5.41) is 0. The van der Waals surface area contributed by atoms with E-state index in [1.54, 1.807) is 0 Å². The molecule has 1 aromatic rings. The van der Waals surface area contributed by atoms with Crippen molar-refractivity contribution in [2.45, 2.75) is 30.7 Å². The number of carbonyl (C=O) groups excluding carboxylic acids is 1. The smallest absolute Gasteiger partial charge is 0.156 e. The summed E-state index contributed by atoms with van der Waals surface area (Å²) < 4.78 is 0. The molecule has 0 amide bonds. The van der Waals surface area contributed by atoms with Gasteiger partial charge in [0, 0.05) is 11.8 Å². The predicted octanol–water partition coefficient (Wildman–Crippen LogP) is 2.21. The number of fused-ring (bicyclic) bond motifs is 2. The van der Waals surface area contributed by atoms with E-state index in [-0.39, 0.29) is 5.54 Å². The molecule has 1 aromatic carbocycles. The number of benzene rings is 1. The van der Waals surface area contributed by atoms with E-state index in [1.807, 2.05) is 6.07 Å². The van der Waals surface area contributed by atoms with Crippen LogP contribution in [-0.2, 0) is 4.79 Å². The van der Waals surface area contributed by atoms with Gasteiger partial charge in [0.05, 0.1) is 5.54 Å². The van der Waals surface area contributed by atoms with E-state index >= 15 is 0 Å². The summed E-state index contributed by atoms with van der Waals surface area (Å²) in [7, 11) is 0. The third-order valence-electron chi connectivity index (χ3n) is 4.99. The monoisotopic (exact) mass is 227 g/mol. The van der Waals surface area contributed by atoms with Gasteiger partial charge in [-0.05, 0) is 37.9 Å². The zero-order valence-electron chi connectivity index (χ0n) is 9.93. The average molecular weight is 227 g/mol. The van der Waals surface area contributed by atoms with Gasteiger partial charge in [-0.3, -0.25) is 9.69 Å². The van der Waals surface area contributed by atoms with Crippen molar-refractivity contribution in [1.29, 1.82) is 0 Å². The van der Waals surface area contributed by atoms with Crippen LogP contribution in [0.5, 0.6) is 0 Å². The molecule has 1 spiro atoms. The highest BCUT2D eigenvalue weighted by Crippen LogP contribution is 2.60. The van der Waals surface area contributed by atoms with Gasteiger partial charge in [-0.1, -0.05) is 30.3 Å².